The van der Waals surface area contributed by atoms with Crippen molar-refractivity contribution in [1.82, 2.24) is 9.78 Å². The second kappa shape index (κ2) is 3.97. The number of nitrogens with two attached hydrogens (primary N) is 1. The van der Waals surface area contributed by atoms with Crippen LogP contribution in [0.1, 0.15) is 50.8 Å². The van der Waals surface area contributed by atoms with E-state index in [1.807, 2.05) is 13.8 Å². The van der Waals surface area contributed by atoms with Gasteiger partial charge in [0.1, 0.15) is 5.69 Å². The molecule has 1 saturated carbocycles. The Kier molecular flexibility index (Phi) is 2.80. The zero-order valence-electron chi connectivity index (χ0n) is 9.73. The molecule has 2 atom stereocenters. The Balaban J connectivity index is 2.42. The van der Waals surface area contributed by atoms with E-state index in [9.17, 15) is 9.90 Å². The molecule has 0 spiro atoms. The van der Waals surface area contributed by atoms with Crippen LogP contribution in [0.5, 0.6) is 0 Å². The average molecular weight is 225 g/mol. The predicted octanol–water partition coefficient (Wildman–Crippen LogP) is 0.968. The third kappa shape index (κ3) is 1.65. The van der Waals surface area contributed by atoms with Crippen LogP contribution in [0.25, 0.3) is 0 Å². The smallest absolute Gasteiger partial charge is 0.290 e. The number of aromatic nitrogens is 2. The van der Waals surface area contributed by atoms with E-state index in [-0.39, 0.29) is 23.2 Å². The lowest BCUT2D eigenvalue weighted by Gasteiger charge is -2.15. The number of anilines is 1. The van der Waals surface area contributed by atoms with Crippen LogP contribution in [0, 0.1) is 0 Å². The number of aromatic amines is 1. The highest BCUT2D eigenvalue weighted by atomic mass is 16.3. The molecular weight excluding hydrogens is 206 g/mol. The first kappa shape index (κ1) is 11.3. The predicted molar refractivity (Wildman–Crippen MR) is 62.4 cm³/mol. The molecule has 1 aromatic rings. The Labute approximate surface area is 94.2 Å². The van der Waals surface area contributed by atoms with Crippen molar-refractivity contribution in [2.24, 2.45) is 0 Å². The molecule has 0 radical (unpaired) electrons. The number of nitrogen functional groups attached to an aromatic ring is 1. The van der Waals surface area contributed by atoms with Crippen LogP contribution in [0.3, 0.4) is 0 Å². The first-order valence-corrected chi connectivity index (χ1v) is 5.80. The van der Waals surface area contributed by atoms with Gasteiger partial charge in [0.15, 0.2) is 0 Å². The largest absolute Gasteiger partial charge is 0.393 e. The zero-order chi connectivity index (χ0) is 11.9. The van der Waals surface area contributed by atoms with Crippen molar-refractivity contribution in [3.63, 3.8) is 0 Å². The van der Waals surface area contributed by atoms with Crippen LogP contribution in [0.15, 0.2) is 4.79 Å². The Hall–Kier alpha value is -1.23. The van der Waals surface area contributed by atoms with Crippen molar-refractivity contribution in [3.8, 4) is 0 Å². The molecule has 1 aliphatic carbocycles. The van der Waals surface area contributed by atoms with E-state index in [4.69, 9.17) is 5.73 Å². The molecule has 1 fully saturated rings. The Morgan fingerprint density at radius 3 is 2.62 bits per heavy atom. The standard InChI is InChI=1S/C11H19N3O2/c1-6(2)10-9(12)11(16)14(13-10)7-4-3-5-8(7)15/h6-8,13,15H,3-5,12H2,1-2H3. The summed E-state index contributed by atoms with van der Waals surface area (Å²) in [6, 6.07) is -0.137. The second-order valence-corrected chi connectivity index (χ2v) is 4.83. The Morgan fingerprint density at radius 1 is 1.50 bits per heavy atom. The summed E-state index contributed by atoms with van der Waals surface area (Å²) in [7, 11) is 0. The third-order valence-corrected chi connectivity index (χ3v) is 3.33. The van der Waals surface area contributed by atoms with Crippen LogP contribution < -0.4 is 11.3 Å². The highest BCUT2D eigenvalue weighted by Gasteiger charge is 2.30. The summed E-state index contributed by atoms with van der Waals surface area (Å²) in [5.74, 6) is 0.187. The quantitative estimate of drug-likeness (QED) is 0.701. The van der Waals surface area contributed by atoms with Gasteiger partial charge in [-0.05, 0) is 25.2 Å². The van der Waals surface area contributed by atoms with Gasteiger partial charge in [0.2, 0.25) is 0 Å². The van der Waals surface area contributed by atoms with Gasteiger partial charge in [-0.25, -0.2) is 4.68 Å². The summed E-state index contributed by atoms with van der Waals surface area (Å²) in [4.78, 5) is 11.9. The molecule has 90 valence electrons. The van der Waals surface area contributed by atoms with Crippen LogP contribution in [0.2, 0.25) is 0 Å². The number of H-pyrrole nitrogens is 1. The molecule has 1 heterocycles. The first-order valence-electron chi connectivity index (χ1n) is 5.80. The Morgan fingerprint density at radius 2 is 2.19 bits per heavy atom. The maximum Gasteiger partial charge on any atom is 0.290 e. The maximum atomic E-state index is 11.9. The number of hydrogen-bond acceptors (Lipinski definition) is 3. The molecule has 1 aliphatic rings. The van der Waals surface area contributed by atoms with Crippen molar-refractivity contribution in [3.05, 3.63) is 16.0 Å². The summed E-state index contributed by atoms with van der Waals surface area (Å²) in [6.07, 6.45) is 2.11. The topological polar surface area (TPSA) is 84.0 Å². The van der Waals surface area contributed by atoms with Gasteiger partial charge in [0.25, 0.3) is 5.56 Å². The zero-order valence-corrected chi connectivity index (χ0v) is 9.73. The number of nitrogens with zero attached hydrogens (tertiary/aromatic N) is 1. The van der Waals surface area contributed by atoms with E-state index in [0.29, 0.717) is 0 Å². The molecule has 0 aromatic carbocycles. The van der Waals surface area contributed by atoms with Gasteiger partial charge >= 0.3 is 0 Å². The Bertz CT molecular complexity index is 433. The highest BCUT2D eigenvalue weighted by molar-refractivity contribution is 5.42. The monoisotopic (exact) mass is 225 g/mol. The van der Waals surface area contributed by atoms with Crippen molar-refractivity contribution >= 4 is 5.69 Å². The van der Waals surface area contributed by atoms with E-state index < -0.39 is 6.10 Å². The number of rotatable bonds is 2. The van der Waals surface area contributed by atoms with Crippen LogP contribution in [-0.2, 0) is 0 Å². The fourth-order valence-corrected chi connectivity index (χ4v) is 2.38. The molecule has 1 aromatic heterocycles. The van der Waals surface area contributed by atoms with Crippen LogP contribution >= 0.6 is 0 Å². The summed E-state index contributed by atoms with van der Waals surface area (Å²) < 4.78 is 1.50. The molecule has 2 rings (SSSR count). The fraction of sp³-hybridized carbons (Fsp3) is 0.727. The van der Waals surface area contributed by atoms with Gasteiger partial charge < -0.3 is 10.8 Å². The number of hydrogen-bond donors (Lipinski definition) is 3. The molecule has 2 unspecified atom stereocenters. The SMILES string of the molecule is CC(C)c1[nH]n(C2CCCC2O)c(=O)c1N. The lowest BCUT2D eigenvalue weighted by molar-refractivity contribution is 0.128. The minimum Gasteiger partial charge on any atom is -0.393 e. The highest BCUT2D eigenvalue weighted by Crippen LogP contribution is 2.29. The van der Waals surface area contributed by atoms with Crippen molar-refractivity contribution < 1.29 is 5.11 Å². The molecule has 0 saturated heterocycles. The lowest BCUT2D eigenvalue weighted by Crippen LogP contribution is -2.28. The molecule has 5 heteroatoms. The number of aliphatic hydroxyl groups excluding tert-OH is 1. The normalized spacial score (nSPS) is 25.5. The first-order chi connectivity index (χ1) is 7.52. The minimum absolute atomic E-state index is 0.137. The van der Waals surface area contributed by atoms with Crippen LogP contribution in [-0.4, -0.2) is 21.0 Å². The average Bonchev–Trinajstić information content (AvgIpc) is 2.74. The van der Waals surface area contributed by atoms with Crippen molar-refractivity contribution in [1.29, 1.82) is 0 Å². The lowest BCUT2D eigenvalue weighted by atomic mass is 10.1. The third-order valence-electron chi connectivity index (χ3n) is 3.33. The molecule has 0 amide bonds. The summed E-state index contributed by atoms with van der Waals surface area (Å²) in [5, 5.41) is 12.8. The molecule has 0 aliphatic heterocycles. The van der Waals surface area contributed by atoms with Gasteiger partial charge in [-0.1, -0.05) is 13.8 Å². The van der Waals surface area contributed by atoms with Gasteiger partial charge in [-0.3, -0.25) is 9.89 Å². The maximum absolute atomic E-state index is 11.9. The fourth-order valence-electron chi connectivity index (χ4n) is 2.38. The summed E-state index contributed by atoms with van der Waals surface area (Å²) in [6.45, 7) is 3.97. The summed E-state index contributed by atoms with van der Waals surface area (Å²) in [5.41, 5.74) is 6.63. The molecule has 4 N–H and O–H groups in total. The van der Waals surface area contributed by atoms with E-state index in [0.717, 1.165) is 25.0 Å². The van der Waals surface area contributed by atoms with Crippen molar-refractivity contribution in [2.45, 2.75) is 51.2 Å². The van der Waals surface area contributed by atoms with E-state index in [1.54, 1.807) is 0 Å². The van der Waals surface area contributed by atoms with Crippen molar-refractivity contribution in [2.75, 3.05) is 5.73 Å². The number of aliphatic hydroxyl groups is 1. The van der Waals surface area contributed by atoms with Crippen LogP contribution in [0.4, 0.5) is 5.69 Å². The molecule has 5 nitrogen and oxygen atoms in total. The number of nitrogens with one attached hydrogen (secondary N) is 1. The molecule has 0 bridgehead atoms. The van der Waals surface area contributed by atoms with Gasteiger partial charge in [-0.15, -0.1) is 0 Å². The minimum atomic E-state index is -0.434. The van der Waals surface area contributed by atoms with E-state index in [2.05, 4.69) is 5.10 Å². The van der Waals surface area contributed by atoms with Gasteiger partial charge in [0, 0.05) is 0 Å². The van der Waals surface area contributed by atoms with Gasteiger partial charge in [-0.2, -0.15) is 0 Å². The van der Waals surface area contributed by atoms with E-state index in [1.165, 1.54) is 4.68 Å². The molecule has 16 heavy (non-hydrogen) atoms. The van der Waals surface area contributed by atoms with Gasteiger partial charge in [0.05, 0.1) is 17.8 Å². The second-order valence-electron chi connectivity index (χ2n) is 4.83. The molecular formula is C11H19N3O2. The summed E-state index contributed by atoms with van der Waals surface area (Å²) >= 11 is 0. The van der Waals surface area contributed by atoms with E-state index >= 15 is 0 Å².